The van der Waals surface area contributed by atoms with Crippen molar-refractivity contribution in [3.8, 4) is 11.4 Å². The number of para-hydroxylation sites is 1. The Morgan fingerprint density at radius 3 is 2.38 bits per heavy atom. The third-order valence-corrected chi connectivity index (χ3v) is 3.84. The van der Waals surface area contributed by atoms with Crippen molar-refractivity contribution >= 4 is 11.6 Å². The van der Waals surface area contributed by atoms with Crippen molar-refractivity contribution in [2.75, 3.05) is 11.9 Å². The third kappa shape index (κ3) is 5.22. The zero-order chi connectivity index (χ0) is 21.0. The van der Waals surface area contributed by atoms with Crippen LogP contribution in [0.1, 0.15) is 16.2 Å². The van der Waals surface area contributed by atoms with Crippen LogP contribution >= 0.6 is 0 Å². The quantitative estimate of drug-likeness (QED) is 0.705. The number of nitrogens with one attached hydrogen (secondary N) is 1. The topological polar surface area (TPSA) is 73.2 Å². The highest BCUT2D eigenvalue weighted by Crippen LogP contribution is 2.20. The number of anilines is 1. The van der Waals surface area contributed by atoms with Gasteiger partial charge in [0.25, 0.3) is 5.91 Å². The molecule has 3 aromatic rings. The van der Waals surface area contributed by atoms with E-state index in [2.05, 4.69) is 15.2 Å². The number of amides is 1. The van der Waals surface area contributed by atoms with Gasteiger partial charge in [-0.3, -0.25) is 9.59 Å². The van der Waals surface area contributed by atoms with Gasteiger partial charge < -0.3 is 10.1 Å². The van der Waals surface area contributed by atoms with E-state index in [0.29, 0.717) is 11.4 Å². The van der Waals surface area contributed by atoms with E-state index in [1.165, 1.54) is 35.0 Å². The lowest BCUT2D eigenvalue weighted by Gasteiger charge is -2.12. The number of aryl methyl sites for hydroxylation is 1. The fourth-order valence-electron chi connectivity index (χ4n) is 2.53. The number of ether oxygens (including phenoxy) is 1. The van der Waals surface area contributed by atoms with Gasteiger partial charge in [-0.2, -0.15) is 18.3 Å². The van der Waals surface area contributed by atoms with Gasteiger partial charge in [-0.05, 0) is 43.3 Å². The molecule has 3 rings (SSSR count). The predicted octanol–water partition coefficient (Wildman–Crippen LogP) is 3.73. The lowest BCUT2D eigenvalue weighted by atomic mass is 10.2. The number of hydrogen-bond acceptors (Lipinski definition) is 4. The van der Waals surface area contributed by atoms with Crippen LogP contribution in [-0.2, 0) is 0 Å². The molecule has 1 heterocycles. The normalized spacial score (nSPS) is 11.2. The Balaban J connectivity index is 1.78. The fourth-order valence-corrected chi connectivity index (χ4v) is 2.53. The van der Waals surface area contributed by atoms with Gasteiger partial charge in [0.1, 0.15) is 5.75 Å². The minimum absolute atomic E-state index is 0.000202. The molecule has 150 valence electrons. The van der Waals surface area contributed by atoms with Crippen molar-refractivity contribution in [1.29, 1.82) is 0 Å². The minimum atomic E-state index is -4.44. The fraction of sp³-hybridized carbons (Fsp3) is 0.150. The van der Waals surface area contributed by atoms with E-state index in [4.69, 9.17) is 0 Å². The van der Waals surface area contributed by atoms with Gasteiger partial charge in [0.2, 0.25) is 5.43 Å². The second-order valence-corrected chi connectivity index (χ2v) is 6.13. The molecule has 1 amide bonds. The summed E-state index contributed by atoms with van der Waals surface area (Å²) in [5.74, 6) is -0.733. The molecule has 0 unspecified atom stereocenters. The van der Waals surface area contributed by atoms with Crippen molar-refractivity contribution in [3.63, 3.8) is 0 Å². The molecule has 0 spiro atoms. The Labute approximate surface area is 163 Å². The molecule has 6 nitrogen and oxygen atoms in total. The molecule has 0 saturated heterocycles. The monoisotopic (exact) mass is 403 g/mol. The highest BCUT2D eigenvalue weighted by atomic mass is 19.4. The summed E-state index contributed by atoms with van der Waals surface area (Å²) in [5.41, 5.74) is 0.672. The highest BCUT2D eigenvalue weighted by Gasteiger charge is 2.28. The molecule has 0 saturated carbocycles. The maximum absolute atomic E-state index is 12.5. The van der Waals surface area contributed by atoms with E-state index >= 15 is 0 Å². The van der Waals surface area contributed by atoms with Crippen molar-refractivity contribution in [2.45, 2.75) is 13.1 Å². The molecule has 0 aliphatic rings. The Kier molecular flexibility index (Phi) is 5.67. The van der Waals surface area contributed by atoms with Crippen LogP contribution in [0, 0.1) is 6.92 Å². The molecule has 0 aliphatic carbocycles. The molecule has 29 heavy (non-hydrogen) atoms. The second kappa shape index (κ2) is 8.17. The standard InChI is InChI=1S/C20H16F3N3O3/c1-13-11-17(27)18(25-26(13)15-5-3-2-4-6-15)19(28)24-14-7-9-16(10-8-14)29-12-20(21,22)23/h2-11H,12H2,1H3,(H,24,28). The zero-order valence-corrected chi connectivity index (χ0v) is 15.2. The number of aromatic nitrogens is 2. The van der Waals surface area contributed by atoms with Crippen molar-refractivity contribution < 1.29 is 22.7 Å². The van der Waals surface area contributed by atoms with Crippen LogP contribution in [0.4, 0.5) is 18.9 Å². The minimum Gasteiger partial charge on any atom is -0.484 e. The number of halogens is 3. The van der Waals surface area contributed by atoms with Gasteiger partial charge in [-0.25, -0.2) is 4.68 Å². The number of alkyl halides is 3. The maximum atomic E-state index is 12.5. The van der Waals surface area contributed by atoms with Gasteiger partial charge in [0, 0.05) is 17.4 Å². The SMILES string of the molecule is Cc1cc(=O)c(C(=O)Nc2ccc(OCC(F)(F)F)cc2)nn1-c1ccccc1. The summed E-state index contributed by atoms with van der Waals surface area (Å²) in [6, 6.07) is 15.6. The molecule has 0 atom stereocenters. The maximum Gasteiger partial charge on any atom is 0.422 e. The van der Waals surface area contributed by atoms with Gasteiger partial charge in [-0.15, -0.1) is 0 Å². The van der Waals surface area contributed by atoms with Gasteiger partial charge in [-0.1, -0.05) is 18.2 Å². The predicted molar refractivity (Wildman–Crippen MR) is 101 cm³/mol. The summed E-state index contributed by atoms with van der Waals surface area (Å²) >= 11 is 0. The molecule has 2 aromatic carbocycles. The van der Waals surface area contributed by atoms with Crippen LogP contribution in [0.3, 0.4) is 0 Å². The van der Waals surface area contributed by atoms with Gasteiger partial charge in [0.15, 0.2) is 12.3 Å². The Morgan fingerprint density at radius 1 is 1.10 bits per heavy atom. The number of hydrogen-bond donors (Lipinski definition) is 1. The molecule has 0 radical (unpaired) electrons. The molecule has 0 bridgehead atoms. The van der Waals surface area contributed by atoms with Gasteiger partial charge >= 0.3 is 6.18 Å². The number of carbonyl (C=O) groups is 1. The van der Waals surface area contributed by atoms with Crippen LogP contribution < -0.4 is 15.5 Å². The Bertz CT molecular complexity index is 1060. The number of rotatable bonds is 5. The number of carbonyl (C=O) groups excluding carboxylic acids is 1. The van der Waals surface area contributed by atoms with E-state index in [1.54, 1.807) is 31.2 Å². The largest absolute Gasteiger partial charge is 0.484 e. The lowest BCUT2D eigenvalue weighted by molar-refractivity contribution is -0.153. The van der Waals surface area contributed by atoms with Crippen molar-refractivity contribution in [2.24, 2.45) is 0 Å². The van der Waals surface area contributed by atoms with Crippen molar-refractivity contribution in [3.05, 3.63) is 82.3 Å². The smallest absolute Gasteiger partial charge is 0.422 e. The molecule has 1 N–H and O–H groups in total. The van der Waals surface area contributed by atoms with E-state index in [-0.39, 0.29) is 17.1 Å². The summed E-state index contributed by atoms with van der Waals surface area (Å²) in [6.07, 6.45) is -4.44. The molecule has 9 heteroatoms. The summed E-state index contributed by atoms with van der Waals surface area (Å²) in [4.78, 5) is 24.7. The van der Waals surface area contributed by atoms with E-state index in [1.807, 2.05) is 6.07 Å². The summed E-state index contributed by atoms with van der Waals surface area (Å²) in [7, 11) is 0. The van der Waals surface area contributed by atoms with Crippen LogP contribution in [0.15, 0.2) is 65.5 Å². The van der Waals surface area contributed by atoms with E-state index in [0.717, 1.165) is 0 Å². The first-order valence-electron chi connectivity index (χ1n) is 8.50. The highest BCUT2D eigenvalue weighted by molar-refractivity contribution is 6.02. The average molecular weight is 403 g/mol. The molecule has 1 aromatic heterocycles. The number of nitrogens with zero attached hydrogens (tertiary/aromatic N) is 2. The van der Waals surface area contributed by atoms with Crippen LogP contribution in [0.5, 0.6) is 5.75 Å². The zero-order valence-electron chi connectivity index (χ0n) is 15.2. The summed E-state index contributed by atoms with van der Waals surface area (Å²) in [6.45, 7) is 0.285. The first-order chi connectivity index (χ1) is 13.7. The molecule has 0 aliphatic heterocycles. The second-order valence-electron chi connectivity index (χ2n) is 6.13. The van der Waals surface area contributed by atoms with Crippen LogP contribution in [0.2, 0.25) is 0 Å². The first kappa shape index (κ1) is 20.1. The average Bonchev–Trinajstić information content (AvgIpc) is 2.67. The molecular formula is C20H16F3N3O3. The molecule has 0 fully saturated rings. The van der Waals surface area contributed by atoms with E-state index in [9.17, 15) is 22.8 Å². The van der Waals surface area contributed by atoms with E-state index < -0.39 is 24.1 Å². The Morgan fingerprint density at radius 2 is 1.76 bits per heavy atom. The first-order valence-corrected chi connectivity index (χ1v) is 8.50. The van der Waals surface area contributed by atoms with Crippen LogP contribution in [-0.4, -0.2) is 28.5 Å². The Hall–Kier alpha value is -3.62. The van der Waals surface area contributed by atoms with Crippen molar-refractivity contribution in [1.82, 2.24) is 9.78 Å². The number of benzene rings is 2. The third-order valence-electron chi connectivity index (χ3n) is 3.84. The summed E-state index contributed by atoms with van der Waals surface area (Å²) < 4.78 is 42.6. The van der Waals surface area contributed by atoms with Gasteiger partial charge in [0.05, 0.1) is 5.69 Å². The lowest BCUT2D eigenvalue weighted by Crippen LogP contribution is -2.26. The summed E-state index contributed by atoms with van der Waals surface area (Å²) in [5, 5.41) is 6.66. The molecular weight excluding hydrogens is 387 g/mol. The van der Waals surface area contributed by atoms with Crippen LogP contribution in [0.25, 0.3) is 5.69 Å².